The second-order valence-electron chi connectivity index (χ2n) is 3.51. The van der Waals surface area contributed by atoms with E-state index in [1.165, 1.54) is 6.07 Å². The van der Waals surface area contributed by atoms with Gasteiger partial charge in [0.05, 0.1) is 9.16 Å². The Labute approximate surface area is 121 Å². The Kier molecular flexibility index (Phi) is 4.47. The lowest BCUT2D eigenvalue weighted by Gasteiger charge is -2.09. The Morgan fingerprint density at radius 3 is 2.65 bits per heavy atom. The highest BCUT2D eigenvalue weighted by molar-refractivity contribution is 9.11. The first-order valence-electron chi connectivity index (χ1n) is 4.90. The van der Waals surface area contributed by atoms with Gasteiger partial charge in [-0.15, -0.1) is 22.9 Å². The van der Waals surface area contributed by atoms with Gasteiger partial charge in [-0.3, -0.25) is 0 Å². The van der Waals surface area contributed by atoms with Crippen LogP contribution in [0.5, 0.6) is 0 Å². The van der Waals surface area contributed by atoms with Crippen LogP contribution in [0.2, 0.25) is 5.02 Å². The van der Waals surface area contributed by atoms with Gasteiger partial charge in [-0.2, -0.15) is 0 Å². The SMILES string of the molecule is Fc1cccc(Cl)c1CC(Cl)c1ccc(Br)s1. The van der Waals surface area contributed by atoms with Gasteiger partial charge in [0.2, 0.25) is 0 Å². The van der Waals surface area contributed by atoms with E-state index < -0.39 is 0 Å². The molecule has 1 aromatic heterocycles. The van der Waals surface area contributed by atoms with E-state index in [0.717, 1.165) is 8.66 Å². The third-order valence-electron chi connectivity index (χ3n) is 2.35. The molecule has 2 rings (SSSR count). The van der Waals surface area contributed by atoms with Crippen LogP contribution in [0.15, 0.2) is 34.1 Å². The van der Waals surface area contributed by atoms with Crippen LogP contribution in [-0.2, 0) is 6.42 Å². The zero-order valence-electron chi connectivity index (χ0n) is 8.59. The van der Waals surface area contributed by atoms with Crippen LogP contribution < -0.4 is 0 Å². The van der Waals surface area contributed by atoms with Gasteiger partial charge < -0.3 is 0 Å². The molecule has 0 N–H and O–H groups in total. The summed E-state index contributed by atoms with van der Waals surface area (Å²) in [5, 5.41) is 0.159. The molecule has 0 radical (unpaired) electrons. The number of hydrogen-bond acceptors (Lipinski definition) is 1. The zero-order valence-corrected chi connectivity index (χ0v) is 12.5. The van der Waals surface area contributed by atoms with Crippen LogP contribution in [0, 0.1) is 5.82 Å². The summed E-state index contributed by atoms with van der Waals surface area (Å²) in [5.74, 6) is -0.307. The molecule has 0 saturated carbocycles. The monoisotopic (exact) mass is 352 g/mol. The minimum Gasteiger partial charge on any atom is -0.207 e. The Balaban J connectivity index is 2.21. The van der Waals surface area contributed by atoms with E-state index in [9.17, 15) is 4.39 Å². The maximum absolute atomic E-state index is 13.6. The highest BCUT2D eigenvalue weighted by Gasteiger charge is 2.16. The summed E-state index contributed by atoms with van der Waals surface area (Å²) < 4.78 is 14.6. The topological polar surface area (TPSA) is 0 Å². The summed E-state index contributed by atoms with van der Waals surface area (Å²) in [4.78, 5) is 0.998. The fourth-order valence-electron chi connectivity index (χ4n) is 1.50. The molecule has 0 bridgehead atoms. The molecule has 17 heavy (non-hydrogen) atoms. The summed E-state index contributed by atoms with van der Waals surface area (Å²) in [6, 6.07) is 8.52. The van der Waals surface area contributed by atoms with Crippen molar-refractivity contribution in [2.75, 3.05) is 0 Å². The van der Waals surface area contributed by atoms with Gasteiger partial charge in [0.15, 0.2) is 0 Å². The van der Waals surface area contributed by atoms with Crippen LogP contribution in [0.3, 0.4) is 0 Å². The normalized spacial score (nSPS) is 12.7. The second-order valence-corrected chi connectivity index (χ2v) is 6.94. The number of halogens is 4. The molecular weight excluding hydrogens is 346 g/mol. The van der Waals surface area contributed by atoms with Crippen molar-refractivity contribution >= 4 is 50.5 Å². The first-order chi connectivity index (χ1) is 8.08. The van der Waals surface area contributed by atoms with Crippen LogP contribution >= 0.6 is 50.5 Å². The highest BCUT2D eigenvalue weighted by Crippen LogP contribution is 2.35. The summed E-state index contributed by atoms with van der Waals surface area (Å²) in [6.07, 6.45) is 0.389. The lowest BCUT2D eigenvalue weighted by Crippen LogP contribution is -1.97. The van der Waals surface area contributed by atoms with E-state index in [4.69, 9.17) is 23.2 Å². The van der Waals surface area contributed by atoms with Crippen LogP contribution in [-0.4, -0.2) is 0 Å². The van der Waals surface area contributed by atoms with Gasteiger partial charge in [0, 0.05) is 15.5 Å². The third-order valence-corrected chi connectivity index (χ3v) is 4.96. The van der Waals surface area contributed by atoms with Gasteiger partial charge in [0.25, 0.3) is 0 Å². The highest BCUT2D eigenvalue weighted by atomic mass is 79.9. The predicted molar refractivity (Wildman–Crippen MR) is 75.7 cm³/mol. The fraction of sp³-hybridized carbons (Fsp3) is 0.167. The summed E-state index contributed by atoms with van der Waals surface area (Å²) in [7, 11) is 0. The number of rotatable bonds is 3. The van der Waals surface area contributed by atoms with Crippen molar-refractivity contribution in [2.24, 2.45) is 0 Å². The van der Waals surface area contributed by atoms with Crippen molar-refractivity contribution in [1.29, 1.82) is 0 Å². The Morgan fingerprint density at radius 1 is 1.29 bits per heavy atom. The van der Waals surface area contributed by atoms with Gasteiger partial charge >= 0.3 is 0 Å². The lowest BCUT2D eigenvalue weighted by molar-refractivity contribution is 0.608. The Hall–Kier alpha value is -0.0900. The van der Waals surface area contributed by atoms with Crippen LogP contribution in [0.1, 0.15) is 15.8 Å². The van der Waals surface area contributed by atoms with Gasteiger partial charge in [-0.05, 0) is 46.6 Å². The zero-order chi connectivity index (χ0) is 12.4. The molecule has 0 aliphatic heterocycles. The van der Waals surface area contributed by atoms with Crippen LogP contribution in [0.25, 0.3) is 0 Å². The van der Waals surface area contributed by atoms with Crippen molar-refractivity contribution in [1.82, 2.24) is 0 Å². The van der Waals surface area contributed by atoms with Gasteiger partial charge in [-0.1, -0.05) is 17.7 Å². The number of alkyl halides is 1. The minimum atomic E-state index is -0.307. The van der Waals surface area contributed by atoms with Crippen molar-refractivity contribution < 1.29 is 4.39 Å². The maximum atomic E-state index is 13.6. The summed E-state index contributed by atoms with van der Waals surface area (Å²) in [5.41, 5.74) is 0.471. The van der Waals surface area contributed by atoms with E-state index in [-0.39, 0.29) is 11.2 Å². The Bertz CT molecular complexity index is 507. The number of thiophene rings is 1. The Morgan fingerprint density at radius 2 is 2.06 bits per heavy atom. The first kappa shape index (κ1) is 13.3. The molecule has 5 heteroatoms. The van der Waals surface area contributed by atoms with Crippen molar-refractivity contribution in [2.45, 2.75) is 11.8 Å². The molecule has 0 aliphatic rings. The average molecular weight is 354 g/mol. The molecule has 0 spiro atoms. The van der Waals surface area contributed by atoms with Gasteiger partial charge in [0.1, 0.15) is 5.82 Å². The summed E-state index contributed by atoms with van der Waals surface area (Å²) >= 11 is 17.1. The molecule has 90 valence electrons. The molecule has 0 aliphatic carbocycles. The van der Waals surface area contributed by atoms with Crippen molar-refractivity contribution in [3.05, 3.63) is 55.4 Å². The van der Waals surface area contributed by atoms with E-state index >= 15 is 0 Å². The maximum Gasteiger partial charge on any atom is 0.127 e. The molecule has 0 fully saturated rings. The van der Waals surface area contributed by atoms with Gasteiger partial charge in [-0.25, -0.2) is 4.39 Å². The first-order valence-corrected chi connectivity index (χ1v) is 7.32. The van der Waals surface area contributed by atoms with E-state index in [1.807, 2.05) is 12.1 Å². The molecule has 1 aromatic carbocycles. The number of benzene rings is 1. The van der Waals surface area contributed by atoms with E-state index in [0.29, 0.717) is 17.0 Å². The smallest absolute Gasteiger partial charge is 0.127 e. The summed E-state index contributed by atoms with van der Waals surface area (Å²) in [6.45, 7) is 0. The molecule has 0 amide bonds. The fourth-order valence-corrected chi connectivity index (χ4v) is 3.51. The van der Waals surface area contributed by atoms with E-state index in [1.54, 1.807) is 23.5 Å². The molecule has 0 nitrogen and oxygen atoms in total. The standard InChI is InChI=1S/C12H8BrCl2FS/c13-12-5-4-11(17-12)9(15)6-7-8(14)2-1-3-10(7)16/h1-5,9H,6H2. The minimum absolute atomic E-state index is 0.263. The molecule has 0 saturated heterocycles. The molecule has 1 unspecified atom stereocenters. The largest absolute Gasteiger partial charge is 0.207 e. The average Bonchev–Trinajstić information content (AvgIpc) is 2.70. The predicted octanol–water partition coefficient (Wildman–Crippen LogP) is 5.83. The third kappa shape index (κ3) is 3.22. The van der Waals surface area contributed by atoms with Crippen molar-refractivity contribution in [3.8, 4) is 0 Å². The molecule has 2 aromatic rings. The molecular formula is C12H8BrCl2FS. The molecule has 1 atom stereocenters. The molecule has 1 heterocycles. The van der Waals surface area contributed by atoms with Crippen LogP contribution in [0.4, 0.5) is 4.39 Å². The van der Waals surface area contributed by atoms with Crippen molar-refractivity contribution in [3.63, 3.8) is 0 Å². The number of hydrogen-bond donors (Lipinski definition) is 0. The van der Waals surface area contributed by atoms with E-state index in [2.05, 4.69) is 15.9 Å². The quantitative estimate of drug-likeness (QED) is 0.609. The lowest BCUT2D eigenvalue weighted by atomic mass is 10.1. The second kappa shape index (κ2) is 5.70.